The van der Waals surface area contributed by atoms with E-state index in [1.54, 1.807) is 4.68 Å². The normalized spacial score (nSPS) is 11.0. The molecular weight excluding hydrogens is 350 g/mol. The minimum atomic E-state index is -0.148. The molecule has 0 saturated carbocycles. The number of rotatable bonds is 4. The molecule has 2 heterocycles. The van der Waals surface area contributed by atoms with Crippen molar-refractivity contribution in [2.45, 2.75) is 34.2 Å². The van der Waals surface area contributed by atoms with E-state index in [1.807, 2.05) is 63.7 Å². The van der Waals surface area contributed by atoms with Crippen LogP contribution in [0.1, 0.15) is 38.7 Å². The highest BCUT2D eigenvalue weighted by molar-refractivity contribution is 6.31. The van der Waals surface area contributed by atoms with Crippen LogP contribution in [-0.2, 0) is 13.6 Å². The van der Waals surface area contributed by atoms with Crippen molar-refractivity contribution in [1.29, 1.82) is 0 Å². The average Bonchev–Trinajstić information content (AvgIpc) is 2.99. The second-order valence-corrected chi connectivity index (χ2v) is 6.84. The van der Waals surface area contributed by atoms with Crippen molar-refractivity contribution in [2.24, 2.45) is 7.05 Å². The summed E-state index contributed by atoms with van der Waals surface area (Å²) in [6, 6.07) is 7.50. The lowest BCUT2D eigenvalue weighted by Crippen LogP contribution is -2.13. The Bertz CT molecular complexity index is 969. The molecule has 0 aliphatic heterocycles. The quantitative estimate of drug-likeness (QED) is 0.758. The fourth-order valence-corrected chi connectivity index (χ4v) is 3.04. The predicted octanol–water partition coefficient (Wildman–Crippen LogP) is 3.80. The monoisotopic (exact) mass is 371 g/mol. The number of hydrogen-bond acceptors (Lipinski definition) is 3. The Kier molecular flexibility index (Phi) is 4.87. The summed E-state index contributed by atoms with van der Waals surface area (Å²) in [4.78, 5) is 12.5. The molecule has 1 N–H and O–H groups in total. The lowest BCUT2D eigenvalue weighted by Gasteiger charge is -2.08. The average molecular weight is 372 g/mol. The first-order valence-corrected chi connectivity index (χ1v) is 8.75. The third-order valence-electron chi connectivity index (χ3n) is 4.59. The van der Waals surface area contributed by atoms with Gasteiger partial charge in [-0.15, -0.1) is 0 Å². The molecule has 0 radical (unpaired) electrons. The maximum Gasteiger partial charge on any atom is 0.255 e. The highest BCUT2D eigenvalue weighted by Crippen LogP contribution is 2.21. The first-order chi connectivity index (χ1) is 12.3. The van der Waals surface area contributed by atoms with Gasteiger partial charge >= 0.3 is 0 Å². The number of halogens is 1. The van der Waals surface area contributed by atoms with Crippen LogP contribution in [0.2, 0.25) is 5.02 Å². The van der Waals surface area contributed by atoms with Crippen molar-refractivity contribution in [2.75, 3.05) is 5.32 Å². The number of aromatic nitrogens is 4. The van der Waals surface area contributed by atoms with E-state index in [-0.39, 0.29) is 5.91 Å². The van der Waals surface area contributed by atoms with Gasteiger partial charge < -0.3 is 5.32 Å². The molecule has 136 valence electrons. The number of hydrogen-bond donors (Lipinski definition) is 1. The molecule has 0 fully saturated rings. The Morgan fingerprint density at radius 1 is 1.04 bits per heavy atom. The zero-order chi connectivity index (χ0) is 19.0. The first-order valence-electron chi connectivity index (χ1n) is 8.38. The van der Waals surface area contributed by atoms with Crippen LogP contribution in [0.3, 0.4) is 0 Å². The molecule has 1 amide bonds. The van der Waals surface area contributed by atoms with E-state index in [2.05, 4.69) is 15.5 Å². The molecule has 0 aliphatic carbocycles. The van der Waals surface area contributed by atoms with Crippen LogP contribution in [0.15, 0.2) is 24.3 Å². The van der Waals surface area contributed by atoms with Crippen molar-refractivity contribution in [3.63, 3.8) is 0 Å². The smallest absolute Gasteiger partial charge is 0.255 e. The maximum absolute atomic E-state index is 12.5. The van der Waals surface area contributed by atoms with E-state index in [1.165, 1.54) is 0 Å². The maximum atomic E-state index is 12.5. The van der Waals surface area contributed by atoms with Crippen LogP contribution in [0.4, 0.5) is 5.69 Å². The van der Waals surface area contributed by atoms with Crippen LogP contribution < -0.4 is 5.32 Å². The summed E-state index contributed by atoms with van der Waals surface area (Å²) < 4.78 is 3.63. The minimum absolute atomic E-state index is 0.148. The molecule has 0 bridgehead atoms. The molecule has 0 aliphatic rings. The Morgan fingerprint density at radius 2 is 1.69 bits per heavy atom. The number of nitrogens with one attached hydrogen (secondary N) is 1. The van der Waals surface area contributed by atoms with E-state index in [0.717, 1.165) is 34.0 Å². The number of carbonyl (C=O) groups excluding carboxylic acids is 1. The fraction of sp³-hybridized carbons (Fsp3) is 0.316. The summed E-state index contributed by atoms with van der Waals surface area (Å²) in [7, 11) is 1.86. The zero-order valence-electron chi connectivity index (χ0n) is 15.6. The molecule has 2 aromatic heterocycles. The third-order valence-corrected chi connectivity index (χ3v) is 5.14. The van der Waals surface area contributed by atoms with Gasteiger partial charge in [-0.25, -0.2) is 0 Å². The predicted molar refractivity (Wildman–Crippen MR) is 103 cm³/mol. The molecule has 6 nitrogen and oxygen atoms in total. The largest absolute Gasteiger partial charge is 0.319 e. The Labute approximate surface area is 157 Å². The second kappa shape index (κ2) is 6.96. The van der Waals surface area contributed by atoms with Gasteiger partial charge in [0.15, 0.2) is 0 Å². The molecular formula is C19H22ClN5O. The molecule has 0 unspecified atom stereocenters. The van der Waals surface area contributed by atoms with Crippen LogP contribution in [0.25, 0.3) is 0 Å². The van der Waals surface area contributed by atoms with Gasteiger partial charge in [0.1, 0.15) is 0 Å². The van der Waals surface area contributed by atoms with Gasteiger partial charge in [-0.1, -0.05) is 23.7 Å². The van der Waals surface area contributed by atoms with Crippen molar-refractivity contribution < 1.29 is 4.79 Å². The topological polar surface area (TPSA) is 64.7 Å². The summed E-state index contributed by atoms with van der Waals surface area (Å²) in [5.74, 6) is -0.148. The standard InChI is InChI=1S/C19H22ClN5O/c1-11-17(20)13(3)25(23-11)10-15-6-8-16(9-7-15)19(26)21-18-12(2)22-24(5)14(18)4/h6-9H,10H2,1-5H3,(H,21,26). The molecule has 0 spiro atoms. The zero-order valence-corrected chi connectivity index (χ0v) is 16.3. The highest BCUT2D eigenvalue weighted by Gasteiger charge is 2.14. The number of anilines is 1. The number of aryl methyl sites for hydroxylation is 3. The fourth-order valence-electron chi connectivity index (χ4n) is 2.90. The summed E-state index contributed by atoms with van der Waals surface area (Å²) in [6.07, 6.45) is 0. The van der Waals surface area contributed by atoms with Crippen LogP contribution in [0.5, 0.6) is 0 Å². The van der Waals surface area contributed by atoms with Crippen LogP contribution in [0, 0.1) is 27.7 Å². The Balaban J connectivity index is 1.74. The van der Waals surface area contributed by atoms with Gasteiger partial charge in [-0.3, -0.25) is 14.2 Å². The van der Waals surface area contributed by atoms with E-state index < -0.39 is 0 Å². The van der Waals surface area contributed by atoms with Gasteiger partial charge in [0.2, 0.25) is 0 Å². The number of amides is 1. The molecule has 0 atom stereocenters. The van der Waals surface area contributed by atoms with Crippen LogP contribution >= 0.6 is 11.6 Å². The molecule has 0 saturated heterocycles. The molecule has 26 heavy (non-hydrogen) atoms. The third kappa shape index (κ3) is 3.37. The van der Waals surface area contributed by atoms with Crippen molar-refractivity contribution in [1.82, 2.24) is 19.6 Å². The second-order valence-electron chi connectivity index (χ2n) is 6.46. The summed E-state index contributed by atoms with van der Waals surface area (Å²) >= 11 is 6.19. The highest BCUT2D eigenvalue weighted by atomic mass is 35.5. The first kappa shape index (κ1) is 18.2. The molecule has 7 heteroatoms. The molecule has 3 rings (SSSR count). The summed E-state index contributed by atoms with van der Waals surface area (Å²) in [5.41, 5.74) is 5.90. The van der Waals surface area contributed by atoms with Gasteiger partial charge in [-0.05, 0) is 45.4 Å². The van der Waals surface area contributed by atoms with Crippen molar-refractivity contribution >= 4 is 23.2 Å². The van der Waals surface area contributed by atoms with E-state index >= 15 is 0 Å². The lowest BCUT2D eigenvalue weighted by atomic mass is 10.1. The summed E-state index contributed by atoms with van der Waals surface area (Å²) in [5, 5.41) is 12.4. The van der Waals surface area contributed by atoms with Crippen molar-refractivity contribution in [3.05, 3.63) is 63.2 Å². The van der Waals surface area contributed by atoms with Crippen LogP contribution in [-0.4, -0.2) is 25.5 Å². The SMILES string of the molecule is Cc1nn(Cc2ccc(C(=O)Nc3c(C)nn(C)c3C)cc2)c(C)c1Cl. The Hall–Kier alpha value is -2.60. The van der Waals surface area contributed by atoms with Gasteiger partial charge in [0.25, 0.3) is 5.91 Å². The Morgan fingerprint density at radius 3 is 2.19 bits per heavy atom. The van der Waals surface area contributed by atoms with E-state index in [4.69, 9.17) is 11.6 Å². The van der Waals surface area contributed by atoms with Gasteiger partial charge in [-0.2, -0.15) is 10.2 Å². The summed E-state index contributed by atoms with van der Waals surface area (Å²) in [6.45, 7) is 8.26. The lowest BCUT2D eigenvalue weighted by molar-refractivity contribution is 0.102. The van der Waals surface area contributed by atoms with Gasteiger partial charge in [0, 0.05) is 12.6 Å². The van der Waals surface area contributed by atoms with E-state index in [9.17, 15) is 4.79 Å². The molecule has 1 aromatic carbocycles. The minimum Gasteiger partial charge on any atom is -0.319 e. The number of benzene rings is 1. The molecule has 3 aromatic rings. The van der Waals surface area contributed by atoms with Crippen molar-refractivity contribution in [3.8, 4) is 0 Å². The number of nitrogens with zero attached hydrogens (tertiary/aromatic N) is 4. The van der Waals surface area contributed by atoms with E-state index in [0.29, 0.717) is 17.1 Å². The van der Waals surface area contributed by atoms with Gasteiger partial charge in [0.05, 0.1) is 40.0 Å². The number of carbonyl (C=O) groups is 1.